The molecule has 2 aromatic carbocycles. The van der Waals surface area contributed by atoms with E-state index in [9.17, 15) is 4.79 Å². The lowest BCUT2D eigenvalue weighted by molar-refractivity contribution is -0.117. The monoisotopic (exact) mass is 251 g/mol. The van der Waals surface area contributed by atoms with Crippen LogP contribution < -0.4 is 9.64 Å². The standard InChI is InChI=1S/C16H13NO2/c18-15-10-11-16(12-6-2-1-3-7-12)17(15)13-8-4-5-9-14(13)19-16/h1-9H,10-11H2/t16-/m0/s1. The normalized spacial score (nSPS) is 24.0. The summed E-state index contributed by atoms with van der Waals surface area (Å²) in [6.07, 6.45) is 1.23. The maximum Gasteiger partial charge on any atom is 0.230 e. The number of carbonyl (C=O) groups is 1. The fourth-order valence-electron chi connectivity index (χ4n) is 3.07. The Hall–Kier alpha value is -2.29. The first-order chi connectivity index (χ1) is 9.31. The van der Waals surface area contributed by atoms with Gasteiger partial charge >= 0.3 is 0 Å². The van der Waals surface area contributed by atoms with E-state index < -0.39 is 5.72 Å². The second kappa shape index (κ2) is 3.60. The van der Waals surface area contributed by atoms with E-state index in [-0.39, 0.29) is 5.91 Å². The Morgan fingerprint density at radius 1 is 1.00 bits per heavy atom. The number of nitrogens with zero attached hydrogens (tertiary/aromatic N) is 1. The molecule has 0 aromatic heterocycles. The van der Waals surface area contributed by atoms with Crippen LogP contribution in [0.25, 0.3) is 0 Å². The van der Waals surface area contributed by atoms with E-state index in [1.807, 2.05) is 59.5 Å². The Morgan fingerprint density at radius 2 is 1.74 bits per heavy atom. The van der Waals surface area contributed by atoms with E-state index in [0.29, 0.717) is 12.8 Å². The molecule has 2 heterocycles. The highest BCUT2D eigenvalue weighted by Gasteiger charge is 2.54. The Morgan fingerprint density at radius 3 is 2.58 bits per heavy atom. The zero-order chi connectivity index (χ0) is 12.9. The van der Waals surface area contributed by atoms with Crippen molar-refractivity contribution in [1.82, 2.24) is 0 Å². The van der Waals surface area contributed by atoms with Crippen LogP contribution in [0.5, 0.6) is 5.75 Å². The number of hydrogen-bond acceptors (Lipinski definition) is 2. The van der Waals surface area contributed by atoms with Crippen LogP contribution in [-0.4, -0.2) is 5.91 Å². The molecule has 0 N–H and O–H groups in total. The molecule has 0 radical (unpaired) electrons. The van der Waals surface area contributed by atoms with Gasteiger partial charge in [0.15, 0.2) is 0 Å². The summed E-state index contributed by atoms with van der Waals surface area (Å²) >= 11 is 0. The van der Waals surface area contributed by atoms with Crippen LogP contribution in [0, 0.1) is 0 Å². The van der Waals surface area contributed by atoms with Gasteiger partial charge in [-0.3, -0.25) is 9.69 Å². The van der Waals surface area contributed by atoms with Crippen LogP contribution in [0.2, 0.25) is 0 Å². The Balaban J connectivity index is 1.93. The van der Waals surface area contributed by atoms with Gasteiger partial charge < -0.3 is 4.74 Å². The van der Waals surface area contributed by atoms with Crippen molar-refractivity contribution in [2.24, 2.45) is 0 Å². The first-order valence-electron chi connectivity index (χ1n) is 6.48. The minimum atomic E-state index is -0.637. The molecule has 0 spiro atoms. The summed E-state index contributed by atoms with van der Waals surface area (Å²) in [6, 6.07) is 17.7. The number of fused-ring (bicyclic) bond motifs is 3. The highest BCUT2D eigenvalue weighted by Crippen LogP contribution is 2.52. The largest absolute Gasteiger partial charge is 0.461 e. The van der Waals surface area contributed by atoms with Crippen molar-refractivity contribution >= 4 is 11.6 Å². The minimum absolute atomic E-state index is 0.133. The van der Waals surface area contributed by atoms with Gasteiger partial charge in [0.1, 0.15) is 5.75 Å². The lowest BCUT2D eigenvalue weighted by atomic mass is 10.0. The Kier molecular flexibility index (Phi) is 2.01. The van der Waals surface area contributed by atoms with E-state index in [2.05, 4.69) is 0 Å². The molecule has 1 fully saturated rings. The summed E-state index contributed by atoms with van der Waals surface area (Å²) in [5.41, 5.74) is 1.29. The number of hydrogen-bond donors (Lipinski definition) is 0. The van der Waals surface area contributed by atoms with Gasteiger partial charge in [-0.15, -0.1) is 0 Å². The van der Waals surface area contributed by atoms with Crippen molar-refractivity contribution < 1.29 is 9.53 Å². The minimum Gasteiger partial charge on any atom is -0.461 e. The predicted octanol–water partition coefficient (Wildman–Crippen LogP) is 3.06. The fraction of sp³-hybridized carbons (Fsp3) is 0.188. The van der Waals surface area contributed by atoms with Gasteiger partial charge in [0, 0.05) is 18.4 Å². The molecule has 19 heavy (non-hydrogen) atoms. The van der Waals surface area contributed by atoms with Gasteiger partial charge in [0.05, 0.1) is 5.69 Å². The van der Waals surface area contributed by atoms with Crippen molar-refractivity contribution in [2.75, 3.05) is 4.90 Å². The third-order valence-electron chi connectivity index (χ3n) is 3.90. The van der Waals surface area contributed by atoms with Crippen LogP contribution >= 0.6 is 0 Å². The van der Waals surface area contributed by atoms with Crippen LogP contribution in [0.1, 0.15) is 18.4 Å². The quantitative estimate of drug-likeness (QED) is 0.779. The van der Waals surface area contributed by atoms with Crippen LogP contribution in [0.3, 0.4) is 0 Å². The number of ether oxygens (including phenoxy) is 1. The molecular weight excluding hydrogens is 238 g/mol. The molecule has 94 valence electrons. The average Bonchev–Trinajstić information content (AvgIpc) is 2.96. The predicted molar refractivity (Wildman–Crippen MR) is 71.9 cm³/mol. The van der Waals surface area contributed by atoms with E-state index in [4.69, 9.17) is 4.74 Å². The number of amides is 1. The molecule has 2 aromatic rings. The highest BCUT2D eigenvalue weighted by molar-refractivity contribution is 6.00. The summed E-state index contributed by atoms with van der Waals surface area (Å²) in [7, 11) is 0. The summed E-state index contributed by atoms with van der Waals surface area (Å²) in [5.74, 6) is 0.924. The zero-order valence-electron chi connectivity index (χ0n) is 10.4. The number of para-hydroxylation sites is 2. The van der Waals surface area contributed by atoms with Crippen LogP contribution in [0.4, 0.5) is 5.69 Å². The molecule has 2 aliphatic heterocycles. The van der Waals surface area contributed by atoms with Crippen molar-refractivity contribution in [3.63, 3.8) is 0 Å². The second-order valence-electron chi connectivity index (χ2n) is 4.95. The summed E-state index contributed by atoms with van der Waals surface area (Å²) < 4.78 is 6.18. The number of benzene rings is 2. The van der Waals surface area contributed by atoms with Gasteiger partial charge in [-0.2, -0.15) is 0 Å². The molecule has 2 aliphatic rings. The van der Waals surface area contributed by atoms with E-state index >= 15 is 0 Å². The molecule has 3 nitrogen and oxygen atoms in total. The fourth-order valence-corrected chi connectivity index (χ4v) is 3.07. The molecule has 4 rings (SSSR count). The van der Waals surface area contributed by atoms with Crippen LogP contribution in [0.15, 0.2) is 54.6 Å². The molecule has 0 bridgehead atoms. The summed E-state index contributed by atoms with van der Waals surface area (Å²) in [5, 5.41) is 0. The van der Waals surface area contributed by atoms with E-state index in [1.54, 1.807) is 0 Å². The molecule has 1 atom stereocenters. The van der Waals surface area contributed by atoms with Gasteiger partial charge in [-0.05, 0) is 12.1 Å². The number of rotatable bonds is 1. The third kappa shape index (κ3) is 1.30. The molecule has 0 unspecified atom stereocenters. The van der Waals surface area contributed by atoms with E-state index in [1.165, 1.54) is 0 Å². The van der Waals surface area contributed by atoms with Gasteiger partial charge in [0.25, 0.3) is 0 Å². The van der Waals surface area contributed by atoms with Crippen molar-refractivity contribution in [3.8, 4) is 5.75 Å². The summed E-state index contributed by atoms with van der Waals surface area (Å²) in [4.78, 5) is 14.1. The number of anilines is 1. The SMILES string of the molecule is O=C1CC[C@@]2(c3ccccc3)Oc3ccccc3N12. The van der Waals surface area contributed by atoms with Crippen molar-refractivity contribution in [1.29, 1.82) is 0 Å². The zero-order valence-corrected chi connectivity index (χ0v) is 10.4. The maximum atomic E-state index is 12.2. The highest BCUT2D eigenvalue weighted by atomic mass is 16.5. The topological polar surface area (TPSA) is 29.5 Å². The van der Waals surface area contributed by atoms with Crippen LogP contribution in [-0.2, 0) is 10.5 Å². The molecule has 1 saturated heterocycles. The van der Waals surface area contributed by atoms with Crippen molar-refractivity contribution in [2.45, 2.75) is 18.6 Å². The summed E-state index contributed by atoms with van der Waals surface area (Å²) in [6.45, 7) is 0. The lowest BCUT2D eigenvalue weighted by Crippen LogP contribution is -2.43. The maximum absolute atomic E-state index is 12.2. The third-order valence-corrected chi connectivity index (χ3v) is 3.90. The van der Waals surface area contributed by atoms with E-state index in [0.717, 1.165) is 17.0 Å². The first-order valence-corrected chi connectivity index (χ1v) is 6.48. The van der Waals surface area contributed by atoms with Gasteiger partial charge in [0.2, 0.25) is 11.6 Å². The van der Waals surface area contributed by atoms with Crippen molar-refractivity contribution in [3.05, 3.63) is 60.2 Å². The molecule has 0 saturated carbocycles. The molecule has 3 heteroatoms. The van der Waals surface area contributed by atoms with Gasteiger partial charge in [-0.25, -0.2) is 0 Å². The lowest BCUT2D eigenvalue weighted by Gasteiger charge is -2.31. The molecule has 0 aliphatic carbocycles. The molecule has 1 amide bonds. The average molecular weight is 251 g/mol. The second-order valence-corrected chi connectivity index (χ2v) is 4.95. The smallest absolute Gasteiger partial charge is 0.230 e. The Bertz CT molecular complexity index is 653. The number of carbonyl (C=O) groups excluding carboxylic acids is 1. The van der Waals surface area contributed by atoms with Gasteiger partial charge in [-0.1, -0.05) is 42.5 Å². The first kappa shape index (κ1) is 10.6. The Labute approximate surface area is 111 Å². The molecular formula is C16H13NO2.